The number of carbonyl (C=O) groups is 1. The van der Waals surface area contributed by atoms with Gasteiger partial charge in [-0.3, -0.25) is 4.79 Å². The van der Waals surface area contributed by atoms with E-state index in [1.807, 2.05) is 30.2 Å². The standard InChI is InChI=1S/C23H29N3O5/c1-15-24-14-17-5-10-31-23(22(17)25-15)6-8-26(9-7-23)20(27)13-16-11-18(28-2)21(30-4)19(12-16)29-3/h11-12,14H,5-10,13H2,1-4H3. The Kier molecular flexibility index (Phi) is 6.00. The molecule has 31 heavy (non-hydrogen) atoms. The first-order chi connectivity index (χ1) is 15.0. The molecule has 1 aromatic carbocycles. The van der Waals surface area contributed by atoms with Gasteiger partial charge in [-0.15, -0.1) is 0 Å². The average Bonchev–Trinajstić information content (AvgIpc) is 2.79. The third kappa shape index (κ3) is 4.04. The van der Waals surface area contributed by atoms with Gasteiger partial charge in [0.15, 0.2) is 11.5 Å². The van der Waals surface area contributed by atoms with Crippen molar-refractivity contribution >= 4 is 5.91 Å². The van der Waals surface area contributed by atoms with Crippen LogP contribution in [0.15, 0.2) is 18.3 Å². The number of amides is 1. The molecule has 0 N–H and O–H groups in total. The maximum atomic E-state index is 13.0. The number of methoxy groups -OCH3 is 3. The van der Waals surface area contributed by atoms with E-state index in [0.717, 1.165) is 41.9 Å². The lowest BCUT2D eigenvalue weighted by Gasteiger charge is -2.44. The minimum Gasteiger partial charge on any atom is -0.493 e. The van der Waals surface area contributed by atoms with Crippen LogP contribution in [0.3, 0.4) is 0 Å². The molecule has 0 saturated carbocycles. The smallest absolute Gasteiger partial charge is 0.226 e. The van der Waals surface area contributed by atoms with Crippen molar-refractivity contribution in [1.82, 2.24) is 14.9 Å². The Labute approximate surface area is 182 Å². The van der Waals surface area contributed by atoms with Gasteiger partial charge in [0.1, 0.15) is 11.4 Å². The molecule has 1 aromatic heterocycles. The Morgan fingerprint density at radius 1 is 1.13 bits per heavy atom. The third-order valence-corrected chi connectivity index (χ3v) is 6.17. The molecule has 0 aliphatic carbocycles. The lowest BCUT2D eigenvalue weighted by molar-refractivity contribution is -0.140. The van der Waals surface area contributed by atoms with E-state index < -0.39 is 5.60 Å². The molecule has 1 spiro atoms. The van der Waals surface area contributed by atoms with Crippen LogP contribution in [0.25, 0.3) is 0 Å². The van der Waals surface area contributed by atoms with E-state index >= 15 is 0 Å². The Balaban J connectivity index is 1.47. The predicted octanol–water partition coefficient (Wildman–Crippen LogP) is 2.44. The van der Waals surface area contributed by atoms with Gasteiger partial charge in [0.25, 0.3) is 0 Å². The zero-order valence-electron chi connectivity index (χ0n) is 18.6. The van der Waals surface area contributed by atoms with Crippen LogP contribution in [0, 0.1) is 6.92 Å². The van der Waals surface area contributed by atoms with Crippen LogP contribution in [0.2, 0.25) is 0 Å². The SMILES string of the molecule is COc1cc(CC(=O)N2CCC3(CC2)OCCc2cnc(C)nc23)cc(OC)c1OC. The van der Waals surface area contributed by atoms with Crippen molar-refractivity contribution in [2.24, 2.45) is 0 Å². The van der Waals surface area contributed by atoms with Crippen molar-refractivity contribution in [3.05, 3.63) is 41.0 Å². The molecule has 8 heteroatoms. The first kappa shape index (κ1) is 21.4. The molecule has 2 aliphatic heterocycles. The van der Waals surface area contributed by atoms with E-state index in [-0.39, 0.29) is 12.3 Å². The summed E-state index contributed by atoms with van der Waals surface area (Å²) in [6.07, 6.45) is 4.49. The Morgan fingerprint density at radius 2 is 1.81 bits per heavy atom. The van der Waals surface area contributed by atoms with Gasteiger partial charge in [-0.05, 0) is 49.4 Å². The molecule has 2 aromatic rings. The summed E-state index contributed by atoms with van der Waals surface area (Å²) in [5, 5.41) is 0. The van der Waals surface area contributed by atoms with E-state index in [1.165, 1.54) is 0 Å². The van der Waals surface area contributed by atoms with Crippen LogP contribution in [-0.2, 0) is 28.0 Å². The van der Waals surface area contributed by atoms with Gasteiger partial charge in [0.2, 0.25) is 11.7 Å². The Bertz CT molecular complexity index is 945. The fourth-order valence-corrected chi connectivity index (χ4v) is 4.52. The predicted molar refractivity (Wildman–Crippen MR) is 114 cm³/mol. The highest BCUT2D eigenvalue weighted by atomic mass is 16.5. The van der Waals surface area contributed by atoms with Crippen molar-refractivity contribution < 1.29 is 23.7 Å². The van der Waals surface area contributed by atoms with Crippen LogP contribution >= 0.6 is 0 Å². The lowest BCUT2D eigenvalue weighted by Crippen LogP contribution is -2.49. The number of benzene rings is 1. The summed E-state index contributed by atoms with van der Waals surface area (Å²) in [4.78, 5) is 24.0. The average molecular weight is 428 g/mol. The molecule has 0 bridgehead atoms. The molecule has 166 valence electrons. The van der Waals surface area contributed by atoms with Crippen LogP contribution in [0.1, 0.15) is 35.5 Å². The fourth-order valence-electron chi connectivity index (χ4n) is 4.52. The van der Waals surface area contributed by atoms with E-state index in [9.17, 15) is 4.79 Å². The summed E-state index contributed by atoms with van der Waals surface area (Å²) in [7, 11) is 4.70. The molecular formula is C23H29N3O5. The zero-order chi connectivity index (χ0) is 22.0. The molecule has 1 fully saturated rings. The molecule has 2 aliphatic rings. The summed E-state index contributed by atoms with van der Waals surface area (Å²) in [6.45, 7) is 3.83. The lowest BCUT2D eigenvalue weighted by atomic mass is 9.83. The minimum absolute atomic E-state index is 0.0685. The summed E-state index contributed by atoms with van der Waals surface area (Å²) in [5.74, 6) is 2.43. The van der Waals surface area contributed by atoms with Crippen LogP contribution < -0.4 is 14.2 Å². The number of hydrogen-bond acceptors (Lipinski definition) is 7. The summed E-state index contributed by atoms with van der Waals surface area (Å²) < 4.78 is 22.4. The van der Waals surface area contributed by atoms with E-state index in [1.54, 1.807) is 21.3 Å². The van der Waals surface area contributed by atoms with Gasteiger partial charge in [-0.25, -0.2) is 9.97 Å². The largest absolute Gasteiger partial charge is 0.493 e. The number of ether oxygens (including phenoxy) is 4. The van der Waals surface area contributed by atoms with E-state index in [2.05, 4.69) is 4.98 Å². The number of rotatable bonds is 5. The molecule has 1 saturated heterocycles. The van der Waals surface area contributed by atoms with Crippen LogP contribution in [-0.4, -0.2) is 61.8 Å². The van der Waals surface area contributed by atoms with Crippen molar-refractivity contribution in [3.8, 4) is 17.2 Å². The molecular weight excluding hydrogens is 398 g/mol. The highest BCUT2D eigenvalue weighted by molar-refractivity contribution is 5.79. The van der Waals surface area contributed by atoms with Crippen molar-refractivity contribution in [2.75, 3.05) is 41.0 Å². The minimum atomic E-state index is -0.412. The third-order valence-electron chi connectivity index (χ3n) is 6.17. The van der Waals surface area contributed by atoms with Crippen molar-refractivity contribution in [3.63, 3.8) is 0 Å². The van der Waals surface area contributed by atoms with Gasteiger partial charge in [0.05, 0.1) is 40.1 Å². The van der Waals surface area contributed by atoms with Crippen LogP contribution in [0.4, 0.5) is 0 Å². The molecule has 8 nitrogen and oxygen atoms in total. The topological polar surface area (TPSA) is 83.0 Å². The van der Waals surface area contributed by atoms with E-state index in [4.69, 9.17) is 23.9 Å². The van der Waals surface area contributed by atoms with E-state index in [0.29, 0.717) is 36.9 Å². The monoisotopic (exact) mass is 427 g/mol. The highest BCUT2D eigenvalue weighted by Crippen LogP contribution is 2.41. The summed E-state index contributed by atoms with van der Waals surface area (Å²) in [5.41, 5.74) is 2.57. The number of aryl methyl sites for hydroxylation is 1. The van der Waals surface area contributed by atoms with Gasteiger partial charge < -0.3 is 23.8 Å². The summed E-state index contributed by atoms with van der Waals surface area (Å²) >= 11 is 0. The van der Waals surface area contributed by atoms with Crippen LogP contribution in [0.5, 0.6) is 17.2 Å². The quantitative estimate of drug-likeness (QED) is 0.725. The maximum absolute atomic E-state index is 13.0. The van der Waals surface area contributed by atoms with Gasteiger partial charge in [-0.2, -0.15) is 0 Å². The number of fused-ring (bicyclic) bond motifs is 2. The normalized spacial score (nSPS) is 17.2. The first-order valence-corrected chi connectivity index (χ1v) is 10.5. The highest BCUT2D eigenvalue weighted by Gasteiger charge is 2.43. The Morgan fingerprint density at radius 3 is 2.42 bits per heavy atom. The molecule has 0 radical (unpaired) electrons. The number of hydrogen-bond donors (Lipinski definition) is 0. The molecule has 1 amide bonds. The molecule has 0 unspecified atom stereocenters. The second kappa shape index (κ2) is 8.70. The van der Waals surface area contributed by atoms with Crippen molar-refractivity contribution in [1.29, 1.82) is 0 Å². The fraction of sp³-hybridized carbons (Fsp3) is 0.522. The second-order valence-electron chi connectivity index (χ2n) is 7.97. The number of nitrogens with zero attached hydrogens (tertiary/aromatic N) is 3. The van der Waals surface area contributed by atoms with Gasteiger partial charge >= 0.3 is 0 Å². The molecule has 3 heterocycles. The number of aromatic nitrogens is 2. The summed E-state index contributed by atoms with van der Waals surface area (Å²) in [6, 6.07) is 3.65. The number of likely N-dealkylation sites (tertiary alicyclic amines) is 1. The number of carbonyl (C=O) groups excluding carboxylic acids is 1. The number of piperidine rings is 1. The second-order valence-corrected chi connectivity index (χ2v) is 7.97. The molecule has 4 rings (SSSR count). The Hall–Kier alpha value is -2.87. The first-order valence-electron chi connectivity index (χ1n) is 10.5. The maximum Gasteiger partial charge on any atom is 0.226 e. The van der Waals surface area contributed by atoms with Crippen molar-refractivity contribution in [2.45, 2.75) is 38.2 Å². The van der Waals surface area contributed by atoms with Gasteiger partial charge in [-0.1, -0.05) is 0 Å². The van der Waals surface area contributed by atoms with Gasteiger partial charge in [0, 0.05) is 19.3 Å². The molecule has 0 atom stereocenters. The zero-order valence-corrected chi connectivity index (χ0v) is 18.6.